The molecule has 1 aliphatic rings. The highest BCUT2D eigenvalue weighted by atomic mass is 15.1. The second-order valence-electron chi connectivity index (χ2n) is 9.24. The van der Waals surface area contributed by atoms with E-state index in [0.29, 0.717) is 0 Å². The number of hydrogen-bond acceptors (Lipinski definition) is 0. The van der Waals surface area contributed by atoms with Gasteiger partial charge in [-0.1, -0.05) is 48.5 Å². The molecule has 32 heavy (non-hydrogen) atoms. The number of nitrogens with zero attached hydrogens (tertiary/aromatic N) is 2. The van der Waals surface area contributed by atoms with E-state index >= 15 is 0 Å². The molecule has 1 aliphatic heterocycles. The lowest BCUT2D eigenvalue weighted by atomic mass is 9.90. The van der Waals surface area contributed by atoms with Crippen molar-refractivity contribution in [2.45, 2.75) is 19.4 Å². The number of para-hydroxylation sites is 3. The van der Waals surface area contributed by atoms with Crippen molar-refractivity contribution in [2.24, 2.45) is 0 Å². The highest BCUT2D eigenvalue weighted by Crippen LogP contribution is 2.46. The van der Waals surface area contributed by atoms with Crippen molar-refractivity contribution >= 4 is 32.7 Å². The standard InChI is InChI=1S/C30H23N2/c1-30(2)23-17-19-26-28(29(23)27-18-16-20-10-6-8-14-24(20)32(27)30)22-13-7-9-15-25(22)31(26)21-11-4-3-5-12-21/h3-19H,1-2H3/q+1. The minimum atomic E-state index is -0.129. The Labute approximate surface area is 187 Å². The third kappa shape index (κ3) is 2.12. The maximum absolute atomic E-state index is 2.53. The second kappa shape index (κ2) is 6.08. The molecule has 0 saturated carbocycles. The van der Waals surface area contributed by atoms with Crippen LogP contribution in [-0.2, 0) is 5.54 Å². The lowest BCUT2D eigenvalue weighted by Gasteiger charge is -2.16. The smallest absolute Gasteiger partial charge is 0.215 e. The maximum Gasteiger partial charge on any atom is 0.215 e. The van der Waals surface area contributed by atoms with E-state index < -0.39 is 0 Å². The zero-order valence-electron chi connectivity index (χ0n) is 18.2. The Bertz CT molecular complexity index is 1690. The summed E-state index contributed by atoms with van der Waals surface area (Å²) in [5.41, 5.74) is 8.91. The van der Waals surface area contributed by atoms with E-state index in [-0.39, 0.29) is 5.54 Å². The first kappa shape index (κ1) is 17.7. The maximum atomic E-state index is 2.53. The summed E-state index contributed by atoms with van der Waals surface area (Å²) < 4.78 is 4.93. The van der Waals surface area contributed by atoms with Crippen molar-refractivity contribution in [2.75, 3.05) is 0 Å². The molecule has 0 unspecified atom stereocenters. The number of aromatic nitrogens is 2. The minimum absolute atomic E-state index is 0.129. The fourth-order valence-corrected chi connectivity index (χ4v) is 5.81. The molecule has 0 saturated heterocycles. The van der Waals surface area contributed by atoms with E-state index in [4.69, 9.17) is 0 Å². The normalized spacial score (nSPS) is 14.2. The first-order valence-electron chi connectivity index (χ1n) is 11.2. The first-order valence-corrected chi connectivity index (χ1v) is 11.2. The molecule has 0 amide bonds. The number of fused-ring (bicyclic) bond motifs is 9. The highest BCUT2D eigenvalue weighted by Gasteiger charge is 2.46. The molecule has 0 spiro atoms. The van der Waals surface area contributed by atoms with Crippen LogP contribution in [0.1, 0.15) is 19.4 Å². The minimum Gasteiger partial charge on any atom is -0.309 e. The molecule has 0 N–H and O–H groups in total. The molecular formula is C30H23N2+. The van der Waals surface area contributed by atoms with E-state index in [0.717, 1.165) is 0 Å². The van der Waals surface area contributed by atoms with Gasteiger partial charge in [-0.15, -0.1) is 0 Å². The molecule has 4 aromatic carbocycles. The number of hydrogen-bond donors (Lipinski definition) is 0. The highest BCUT2D eigenvalue weighted by molar-refractivity contribution is 6.16. The first-order chi connectivity index (χ1) is 15.7. The second-order valence-corrected chi connectivity index (χ2v) is 9.24. The van der Waals surface area contributed by atoms with Gasteiger partial charge in [-0.05, 0) is 42.5 Å². The van der Waals surface area contributed by atoms with Gasteiger partial charge in [0.15, 0.2) is 5.54 Å². The van der Waals surface area contributed by atoms with Gasteiger partial charge in [-0.2, -0.15) is 4.57 Å². The molecule has 152 valence electrons. The van der Waals surface area contributed by atoms with E-state index in [1.54, 1.807) is 0 Å². The summed E-state index contributed by atoms with van der Waals surface area (Å²) in [7, 11) is 0. The molecular weight excluding hydrogens is 388 g/mol. The van der Waals surface area contributed by atoms with Crippen molar-refractivity contribution in [3.8, 4) is 16.9 Å². The molecule has 2 aromatic heterocycles. The van der Waals surface area contributed by atoms with Gasteiger partial charge >= 0.3 is 0 Å². The average molecular weight is 412 g/mol. The number of pyridine rings is 1. The van der Waals surface area contributed by atoms with Crippen molar-refractivity contribution < 1.29 is 4.57 Å². The number of benzene rings is 4. The molecule has 0 bridgehead atoms. The zero-order chi connectivity index (χ0) is 21.4. The topological polar surface area (TPSA) is 8.81 Å². The predicted molar refractivity (Wildman–Crippen MR) is 132 cm³/mol. The Morgan fingerprint density at radius 2 is 1.41 bits per heavy atom. The Kier molecular flexibility index (Phi) is 3.37. The summed E-state index contributed by atoms with van der Waals surface area (Å²) in [5, 5.41) is 3.93. The molecule has 2 nitrogen and oxygen atoms in total. The van der Waals surface area contributed by atoms with Gasteiger partial charge in [0.25, 0.3) is 0 Å². The molecule has 3 heterocycles. The van der Waals surface area contributed by atoms with Crippen LogP contribution in [0.25, 0.3) is 49.7 Å². The van der Waals surface area contributed by atoms with Crippen LogP contribution in [0, 0.1) is 0 Å². The van der Waals surface area contributed by atoms with Crippen molar-refractivity contribution in [1.29, 1.82) is 0 Å². The summed E-state index contributed by atoms with van der Waals surface area (Å²) >= 11 is 0. The van der Waals surface area contributed by atoms with Gasteiger partial charge in [0, 0.05) is 53.4 Å². The molecule has 2 heteroatoms. The SMILES string of the molecule is CC1(C)c2ccc3c(c2-c2ccc4ccccc4[n+]21)c1ccccc1n3-c1ccccc1. The van der Waals surface area contributed by atoms with Gasteiger partial charge < -0.3 is 4.57 Å². The van der Waals surface area contributed by atoms with E-state index in [1.807, 2.05) is 0 Å². The summed E-state index contributed by atoms with van der Waals surface area (Å²) in [6.07, 6.45) is 0. The van der Waals surface area contributed by atoms with Crippen LogP contribution in [0.5, 0.6) is 0 Å². The third-order valence-corrected chi connectivity index (χ3v) is 7.17. The van der Waals surface area contributed by atoms with Crippen LogP contribution >= 0.6 is 0 Å². The molecule has 0 radical (unpaired) electrons. The van der Waals surface area contributed by atoms with Crippen molar-refractivity contribution in [1.82, 2.24) is 4.57 Å². The van der Waals surface area contributed by atoms with Crippen LogP contribution in [0.4, 0.5) is 0 Å². The van der Waals surface area contributed by atoms with Crippen LogP contribution in [0.2, 0.25) is 0 Å². The molecule has 6 aromatic rings. The number of rotatable bonds is 1. The molecule has 0 fully saturated rings. The van der Waals surface area contributed by atoms with E-state index in [9.17, 15) is 0 Å². The van der Waals surface area contributed by atoms with Crippen LogP contribution in [0.15, 0.2) is 103 Å². The summed E-state index contributed by atoms with van der Waals surface area (Å²) in [6.45, 7) is 4.69. The predicted octanol–water partition coefficient (Wildman–Crippen LogP) is 6.99. The van der Waals surface area contributed by atoms with Crippen LogP contribution in [-0.4, -0.2) is 4.57 Å². The summed E-state index contributed by atoms with van der Waals surface area (Å²) in [6, 6.07) is 37.5. The zero-order valence-corrected chi connectivity index (χ0v) is 18.2. The van der Waals surface area contributed by atoms with Crippen LogP contribution < -0.4 is 4.57 Å². The lowest BCUT2D eigenvalue weighted by molar-refractivity contribution is -0.707. The lowest BCUT2D eigenvalue weighted by Crippen LogP contribution is -2.51. The van der Waals surface area contributed by atoms with Gasteiger partial charge in [-0.3, -0.25) is 0 Å². The Hall–Kier alpha value is -3.91. The van der Waals surface area contributed by atoms with Gasteiger partial charge in [0.1, 0.15) is 0 Å². The molecule has 7 rings (SSSR count). The van der Waals surface area contributed by atoms with Crippen molar-refractivity contribution in [3.63, 3.8) is 0 Å². The van der Waals surface area contributed by atoms with Crippen molar-refractivity contribution in [3.05, 3.63) is 109 Å². The molecule has 0 atom stereocenters. The van der Waals surface area contributed by atoms with E-state index in [2.05, 4.69) is 126 Å². The van der Waals surface area contributed by atoms with Gasteiger partial charge in [-0.25, -0.2) is 0 Å². The monoisotopic (exact) mass is 411 g/mol. The fourth-order valence-electron chi connectivity index (χ4n) is 5.81. The fraction of sp³-hybridized carbons (Fsp3) is 0.100. The largest absolute Gasteiger partial charge is 0.309 e. The summed E-state index contributed by atoms with van der Waals surface area (Å²) in [5.74, 6) is 0. The van der Waals surface area contributed by atoms with Gasteiger partial charge in [0.05, 0.1) is 16.6 Å². The summed E-state index contributed by atoms with van der Waals surface area (Å²) in [4.78, 5) is 0. The Balaban J connectivity index is 1.70. The quantitative estimate of drug-likeness (QED) is 0.258. The molecule has 0 aliphatic carbocycles. The van der Waals surface area contributed by atoms with Crippen LogP contribution in [0.3, 0.4) is 0 Å². The third-order valence-electron chi connectivity index (χ3n) is 7.17. The Morgan fingerprint density at radius 1 is 0.656 bits per heavy atom. The Morgan fingerprint density at radius 3 is 2.28 bits per heavy atom. The average Bonchev–Trinajstić information content (AvgIpc) is 3.29. The van der Waals surface area contributed by atoms with Gasteiger partial charge in [0.2, 0.25) is 11.2 Å². The van der Waals surface area contributed by atoms with E-state index in [1.165, 1.54) is 55.2 Å².